The Morgan fingerprint density at radius 1 is 1.36 bits per heavy atom. The molecule has 1 aromatic carbocycles. The predicted molar refractivity (Wildman–Crippen MR) is 95.8 cm³/mol. The number of nitrogens with one attached hydrogen (secondary N) is 1. The molecule has 0 aliphatic carbocycles. The monoisotopic (exact) mass is 343 g/mol. The lowest BCUT2D eigenvalue weighted by Crippen LogP contribution is -2.24. The van der Waals surface area contributed by atoms with Gasteiger partial charge in [0.15, 0.2) is 0 Å². The predicted octanol–water partition coefficient (Wildman–Crippen LogP) is 3.03. The van der Waals surface area contributed by atoms with Crippen molar-refractivity contribution < 1.29 is 14.3 Å². The van der Waals surface area contributed by atoms with Crippen LogP contribution >= 0.6 is 0 Å². The Labute approximate surface area is 148 Å². The van der Waals surface area contributed by atoms with Crippen molar-refractivity contribution in [1.82, 2.24) is 9.78 Å². The first-order valence-corrected chi connectivity index (χ1v) is 8.80. The van der Waals surface area contributed by atoms with E-state index in [4.69, 9.17) is 9.47 Å². The molecule has 3 rings (SSSR count). The van der Waals surface area contributed by atoms with E-state index in [0.717, 1.165) is 43.0 Å². The highest BCUT2D eigenvalue weighted by Crippen LogP contribution is 2.16. The van der Waals surface area contributed by atoms with Crippen molar-refractivity contribution in [1.29, 1.82) is 0 Å². The number of amides is 1. The van der Waals surface area contributed by atoms with Crippen molar-refractivity contribution in [2.45, 2.75) is 44.8 Å². The third kappa shape index (κ3) is 5.32. The van der Waals surface area contributed by atoms with E-state index in [1.165, 1.54) is 6.42 Å². The average molecular weight is 343 g/mol. The number of methoxy groups -OCH3 is 1. The fourth-order valence-electron chi connectivity index (χ4n) is 2.96. The molecule has 1 fully saturated rings. The van der Waals surface area contributed by atoms with Gasteiger partial charge in [-0.05, 0) is 43.4 Å². The molecule has 2 heterocycles. The highest BCUT2D eigenvalue weighted by molar-refractivity contribution is 5.90. The van der Waals surface area contributed by atoms with E-state index in [1.807, 2.05) is 35.1 Å². The maximum absolute atomic E-state index is 12.1. The summed E-state index contributed by atoms with van der Waals surface area (Å²) in [5, 5.41) is 7.21. The number of carbonyl (C=O) groups excluding carboxylic acids is 1. The summed E-state index contributed by atoms with van der Waals surface area (Å²) in [6, 6.07) is 7.78. The third-order valence-corrected chi connectivity index (χ3v) is 4.38. The molecule has 1 aliphatic heterocycles. The van der Waals surface area contributed by atoms with Crippen LogP contribution in [-0.2, 0) is 22.5 Å². The van der Waals surface area contributed by atoms with Gasteiger partial charge in [0.2, 0.25) is 5.91 Å². The van der Waals surface area contributed by atoms with Crippen LogP contribution in [0.1, 0.15) is 31.2 Å². The molecule has 1 saturated heterocycles. The van der Waals surface area contributed by atoms with E-state index in [-0.39, 0.29) is 12.0 Å². The molecule has 1 amide bonds. The standard InChI is InChI=1S/C19H25N3O3/c1-24-17-8-5-15(6-9-17)7-10-19(23)21-16-12-20-22(13-16)14-18-4-2-3-11-25-18/h5-6,8-9,12-13,18H,2-4,7,10-11,14H2,1H3,(H,21,23)/t18-/m1/s1. The minimum Gasteiger partial charge on any atom is -0.497 e. The summed E-state index contributed by atoms with van der Waals surface area (Å²) in [5.41, 5.74) is 1.84. The van der Waals surface area contributed by atoms with E-state index in [0.29, 0.717) is 12.8 Å². The summed E-state index contributed by atoms with van der Waals surface area (Å²) < 4.78 is 12.7. The average Bonchev–Trinajstić information content (AvgIpc) is 3.08. The van der Waals surface area contributed by atoms with E-state index in [2.05, 4.69) is 10.4 Å². The second-order valence-corrected chi connectivity index (χ2v) is 6.34. The van der Waals surface area contributed by atoms with Crippen LogP contribution in [0.3, 0.4) is 0 Å². The lowest BCUT2D eigenvalue weighted by molar-refractivity contribution is -0.116. The van der Waals surface area contributed by atoms with Gasteiger partial charge in [-0.1, -0.05) is 12.1 Å². The molecular formula is C19H25N3O3. The summed E-state index contributed by atoms with van der Waals surface area (Å²) in [6.45, 7) is 1.57. The summed E-state index contributed by atoms with van der Waals surface area (Å²) >= 11 is 0. The van der Waals surface area contributed by atoms with E-state index in [9.17, 15) is 4.79 Å². The number of hydrogen-bond acceptors (Lipinski definition) is 4. The zero-order chi connectivity index (χ0) is 17.5. The Hall–Kier alpha value is -2.34. The SMILES string of the molecule is COc1ccc(CCC(=O)Nc2cnn(C[C@H]3CCCCO3)c2)cc1. The molecule has 6 nitrogen and oxygen atoms in total. The number of anilines is 1. The van der Waals surface area contributed by atoms with Crippen LogP contribution in [0.2, 0.25) is 0 Å². The first-order chi connectivity index (χ1) is 12.2. The summed E-state index contributed by atoms with van der Waals surface area (Å²) in [4.78, 5) is 12.1. The van der Waals surface area contributed by atoms with Crippen molar-refractivity contribution in [3.05, 3.63) is 42.2 Å². The van der Waals surface area contributed by atoms with Gasteiger partial charge in [-0.2, -0.15) is 5.10 Å². The molecule has 0 spiro atoms. The van der Waals surface area contributed by atoms with Crippen LogP contribution in [0.5, 0.6) is 5.75 Å². The molecule has 134 valence electrons. The second-order valence-electron chi connectivity index (χ2n) is 6.34. The Balaban J connectivity index is 1.44. The fourth-order valence-corrected chi connectivity index (χ4v) is 2.96. The molecule has 0 unspecified atom stereocenters. The zero-order valence-electron chi connectivity index (χ0n) is 14.6. The van der Waals surface area contributed by atoms with Gasteiger partial charge in [0, 0.05) is 19.2 Å². The molecule has 2 aromatic rings. The minimum atomic E-state index is -0.00992. The maximum atomic E-state index is 12.1. The quantitative estimate of drug-likeness (QED) is 0.839. The van der Waals surface area contributed by atoms with Gasteiger partial charge < -0.3 is 14.8 Å². The van der Waals surface area contributed by atoms with Gasteiger partial charge in [-0.15, -0.1) is 0 Å². The highest BCUT2D eigenvalue weighted by Gasteiger charge is 2.15. The Kier molecular flexibility index (Phi) is 6.06. The second kappa shape index (κ2) is 8.67. The van der Waals surface area contributed by atoms with Crippen molar-refractivity contribution >= 4 is 11.6 Å². The number of benzene rings is 1. The maximum Gasteiger partial charge on any atom is 0.224 e. The Morgan fingerprint density at radius 2 is 2.20 bits per heavy atom. The number of carbonyl (C=O) groups is 1. The van der Waals surface area contributed by atoms with Crippen molar-refractivity contribution in [3.63, 3.8) is 0 Å². The van der Waals surface area contributed by atoms with Crippen LogP contribution in [0.15, 0.2) is 36.7 Å². The highest BCUT2D eigenvalue weighted by atomic mass is 16.5. The molecule has 1 aromatic heterocycles. The van der Waals surface area contributed by atoms with Crippen LogP contribution in [0, 0.1) is 0 Å². The third-order valence-electron chi connectivity index (χ3n) is 4.38. The van der Waals surface area contributed by atoms with Gasteiger partial charge in [0.05, 0.1) is 31.6 Å². The lowest BCUT2D eigenvalue weighted by Gasteiger charge is -2.22. The van der Waals surface area contributed by atoms with Crippen molar-refractivity contribution in [2.75, 3.05) is 19.0 Å². The molecule has 0 saturated carbocycles. The summed E-state index contributed by atoms with van der Waals surface area (Å²) in [5.74, 6) is 0.812. The molecule has 25 heavy (non-hydrogen) atoms. The number of hydrogen-bond donors (Lipinski definition) is 1. The molecular weight excluding hydrogens is 318 g/mol. The smallest absolute Gasteiger partial charge is 0.224 e. The van der Waals surface area contributed by atoms with Crippen LogP contribution in [-0.4, -0.2) is 35.5 Å². The normalized spacial score (nSPS) is 17.2. The molecule has 0 bridgehead atoms. The van der Waals surface area contributed by atoms with Crippen molar-refractivity contribution in [3.8, 4) is 5.75 Å². The topological polar surface area (TPSA) is 65.4 Å². The largest absolute Gasteiger partial charge is 0.497 e. The van der Waals surface area contributed by atoms with Crippen LogP contribution in [0.25, 0.3) is 0 Å². The van der Waals surface area contributed by atoms with Gasteiger partial charge in [0.1, 0.15) is 5.75 Å². The lowest BCUT2D eigenvalue weighted by atomic mass is 10.1. The van der Waals surface area contributed by atoms with E-state index < -0.39 is 0 Å². The van der Waals surface area contributed by atoms with Crippen LogP contribution in [0.4, 0.5) is 5.69 Å². The van der Waals surface area contributed by atoms with Gasteiger partial charge in [-0.3, -0.25) is 9.48 Å². The molecule has 1 aliphatic rings. The van der Waals surface area contributed by atoms with Gasteiger partial charge >= 0.3 is 0 Å². The number of nitrogens with zero attached hydrogens (tertiary/aromatic N) is 2. The number of rotatable bonds is 7. The molecule has 1 atom stereocenters. The first-order valence-electron chi connectivity index (χ1n) is 8.80. The minimum absolute atomic E-state index is 0.00992. The van der Waals surface area contributed by atoms with Crippen molar-refractivity contribution in [2.24, 2.45) is 0 Å². The number of ether oxygens (including phenoxy) is 2. The fraction of sp³-hybridized carbons (Fsp3) is 0.474. The molecule has 6 heteroatoms. The van der Waals surface area contributed by atoms with E-state index in [1.54, 1.807) is 13.3 Å². The number of aromatic nitrogens is 2. The molecule has 0 radical (unpaired) electrons. The number of aryl methyl sites for hydroxylation is 1. The van der Waals surface area contributed by atoms with Gasteiger partial charge in [0.25, 0.3) is 0 Å². The Bertz CT molecular complexity index is 675. The zero-order valence-corrected chi connectivity index (χ0v) is 14.6. The van der Waals surface area contributed by atoms with E-state index >= 15 is 0 Å². The first kappa shape index (κ1) is 17.5. The summed E-state index contributed by atoms with van der Waals surface area (Å²) in [7, 11) is 1.64. The van der Waals surface area contributed by atoms with Gasteiger partial charge in [-0.25, -0.2) is 0 Å². The summed E-state index contributed by atoms with van der Waals surface area (Å²) in [6.07, 6.45) is 8.34. The molecule has 1 N–H and O–H groups in total. The van der Waals surface area contributed by atoms with Crippen LogP contribution < -0.4 is 10.1 Å². The Morgan fingerprint density at radius 3 is 2.92 bits per heavy atom.